The molecule has 0 aromatic heterocycles. The molecule has 2 N–H and O–H groups in total. The summed E-state index contributed by atoms with van der Waals surface area (Å²) in [4.78, 5) is 4.81. The summed E-state index contributed by atoms with van der Waals surface area (Å²) in [5, 5.41) is 6.97. The van der Waals surface area contributed by atoms with Crippen molar-refractivity contribution in [3.63, 3.8) is 0 Å². The zero-order chi connectivity index (χ0) is 22.1. The van der Waals surface area contributed by atoms with Crippen LogP contribution in [0, 0.1) is 6.92 Å². The van der Waals surface area contributed by atoms with Gasteiger partial charge in [-0.05, 0) is 38.8 Å². The Morgan fingerprint density at radius 3 is 2.48 bits per heavy atom. The Morgan fingerprint density at radius 1 is 1.03 bits per heavy atom. The van der Waals surface area contributed by atoms with E-state index in [0.29, 0.717) is 6.54 Å². The first-order valence-electron chi connectivity index (χ1n) is 11.0. The fourth-order valence-corrected chi connectivity index (χ4v) is 4.13. The molecule has 3 rings (SSSR count). The van der Waals surface area contributed by atoms with Crippen molar-refractivity contribution in [2.45, 2.75) is 38.6 Å². The highest BCUT2D eigenvalue weighted by Gasteiger charge is 2.37. The van der Waals surface area contributed by atoms with Crippen molar-refractivity contribution in [2.75, 3.05) is 40.5 Å². The Hall–Kier alpha value is -2.73. The highest BCUT2D eigenvalue weighted by atomic mass is 16.5. The standard InChI is InChI=1S/C25H35N3O3/c1-5-26-24(27-17-20-8-6-7-9-22(20)29-3)28-18-25(12-14-31-15-13-25)21-16-19(2)10-11-23(21)30-4/h6-11,16H,5,12-15,17-18H2,1-4H3,(H2,26,27,28). The van der Waals surface area contributed by atoms with Gasteiger partial charge in [0.15, 0.2) is 5.96 Å². The lowest BCUT2D eigenvalue weighted by molar-refractivity contribution is 0.0505. The number of hydrogen-bond acceptors (Lipinski definition) is 4. The molecule has 0 radical (unpaired) electrons. The van der Waals surface area contributed by atoms with Crippen molar-refractivity contribution in [2.24, 2.45) is 4.99 Å². The van der Waals surface area contributed by atoms with Crippen LogP contribution in [0.2, 0.25) is 0 Å². The maximum Gasteiger partial charge on any atom is 0.191 e. The molecule has 6 nitrogen and oxygen atoms in total. The number of para-hydroxylation sites is 1. The fourth-order valence-electron chi connectivity index (χ4n) is 4.13. The van der Waals surface area contributed by atoms with Gasteiger partial charge in [-0.2, -0.15) is 0 Å². The number of benzene rings is 2. The molecule has 0 bridgehead atoms. The summed E-state index contributed by atoms with van der Waals surface area (Å²) >= 11 is 0. The molecule has 2 aromatic rings. The van der Waals surface area contributed by atoms with Gasteiger partial charge < -0.3 is 24.8 Å². The fraction of sp³-hybridized carbons (Fsp3) is 0.480. The summed E-state index contributed by atoms with van der Waals surface area (Å²) in [6, 6.07) is 14.4. The number of hydrogen-bond donors (Lipinski definition) is 2. The molecule has 6 heteroatoms. The van der Waals surface area contributed by atoms with Crippen LogP contribution in [0.4, 0.5) is 0 Å². The SMILES string of the molecule is CCNC(=NCc1ccccc1OC)NCC1(c2cc(C)ccc2OC)CCOCC1. The largest absolute Gasteiger partial charge is 0.496 e. The van der Waals surface area contributed by atoms with Gasteiger partial charge in [0.2, 0.25) is 0 Å². The predicted molar refractivity (Wildman–Crippen MR) is 125 cm³/mol. The van der Waals surface area contributed by atoms with Crippen LogP contribution < -0.4 is 20.1 Å². The lowest BCUT2D eigenvalue weighted by atomic mass is 9.73. The van der Waals surface area contributed by atoms with E-state index in [1.807, 2.05) is 24.3 Å². The van der Waals surface area contributed by atoms with Crippen LogP contribution in [-0.4, -0.2) is 46.5 Å². The number of aliphatic imine (C=N–C) groups is 1. The van der Waals surface area contributed by atoms with Gasteiger partial charge in [0.25, 0.3) is 0 Å². The smallest absolute Gasteiger partial charge is 0.191 e. The Balaban J connectivity index is 1.83. The maximum atomic E-state index is 5.74. The monoisotopic (exact) mass is 425 g/mol. The van der Waals surface area contributed by atoms with Crippen LogP contribution in [0.15, 0.2) is 47.5 Å². The van der Waals surface area contributed by atoms with Crippen LogP contribution in [-0.2, 0) is 16.7 Å². The summed E-state index contributed by atoms with van der Waals surface area (Å²) in [5.41, 5.74) is 3.46. The van der Waals surface area contributed by atoms with Crippen LogP contribution in [0.1, 0.15) is 36.5 Å². The van der Waals surface area contributed by atoms with Crippen molar-refractivity contribution in [3.05, 3.63) is 59.2 Å². The van der Waals surface area contributed by atoms with Gasteiger partial charge in [0, 0.05) is 42.8 Å². The van der Waals surface area contributed by atoms with Gasteiger partial charge in [0.05, 0.1) is 20.8 Å². The summed E-state index contributed by atoms with van der Waals surface area (Å²) < 4.78 is 16.9. The third-order valence-corrected chi connectivity index (χ3v) is 5.91. The zero-order valence-corrected chi connectivity index (χ0v) is 19.2. The lowest BCUT2D eigenvalue weighted by Gasteiger charge is -2.39. The van der Waals surface area contributed by atoms with Crippen molar-refractivity contribution in [1.82, 2.24) is 10.6 Å². The van der Waals surface area contributed by atoms with Crippen LogP contribution >= 0.6 is 0 Å². The minimum atomic E-state index is -0.0732. The maximum absolute atomic E-state index is 5.74. The van der Waals surface area contributed by atoms with E-state index in [2.05, 4.69) is 42.7 Å². The summed E-state index contributed by atoms with van der Waals surface area (Å²) in [6.07, 6.45) is 1.87. The van der Waals surface area contributed by atoms with Crippen molar-refractivity contribution >= 4 is 5.96 Å². The van der Waals surface area contributed by atoms with Gasteiger partial charge in [0.1, 0.15) is 11.5 Å². The summed E-state index contributed by atoms with van der Waals surface area (Å²) in [7, 11) is 3.43. The van der Waals surface area contributed by atoms with Crippen LogP contribution in [0.25, 0.3) is 0 Å². The highest BCUT2D eigenvalue weighted by Crippen LogP contribution is 2.40. The van der Waals surface area contributed by atoms with E-state index in [4.69, 9.17) is 19.2 Å². The molecule has 0 atom stereocenters. The summed E-state index contributed by atoms with van der Waals surface area (Å²) in [6.45, 7) is 7.79. The number of guanidine groups is 1. The van der Waals surface area contributed by atoms with Gasteiger partial charge in [-0.1, -0.05) is 35.9 Å². The molecular formula is C25H35N3O3. The average molecular weight is 426 g/mol. The highest BCUT2D eigenvalue weighted by molar-refractivity contribution is 5.80. The number of rotatable bonds is 8. The lowest BCUT2D eigenvalue weighted by Crippen LogP contribution is -2.48. The van der Waals surface area contributed by atoms with E-state index in [-0.39, 0.29) is 5.41 Å². The molecular weight excluding hydrogens is 390 g/mol. The second kappa shape index (κ2) is 11.0. The van der Waals surface area contributed by atoms with E-state index in [0.717, 1.165) is 62.2 Å². The van der Waals surface area contributed by atoms with E-state index in [9.17, 15) is 0 Å². The third kappa shape index (κ3) is 5.70. The predicted octanol–water partition coefficient (Wildman–Crippen LogP) is 3.82. The van der Waals surface area contributed by atoms with E-state index >= 15 is 0 Å². The van der Waals surface area contributed by atoms with Crippen molar-refractivity contribution in [1.29, 1.82) is 0 Å². The van der Waals surface area contributed by atoms with Gasteiger partial charge in [-0.15, -0.1) is 0 Å². The molecule has 0 aliphatic carbocycles. The second-order valence-corrected chi connectivity index (χ2v) is 7.96. The number of ether oxygens (including phenoxy) is 3. The van der Waals surface area contributed by atoms with Crippen LogP contribution in [0.5, 0.6) is 11.5 Å². The Morgan fingerprint density at radius 2 is 1.77 bits per heavy atom. The number of nitrogens with one attached hydrogen (secondary N) is 2. The molecule has 168 valence electrons. The quantitative estimate of drug-likeness (QED) is 0.497. The second-order valence-electron chi connectivity index (χ2n) is 7.96. The van der Waals surface area contributed by atoms with Crippen molar-refractivity contribution < 1.29 is 14.2 Å². The minimum Gasteiger partial charge on any atom is -0.496 e. The molecule has 1 aliphatic heterocycles. The van der Waals surface area contributed by atoms with Crippen LogP contribution in [0.3, 0.4) is 0 Å². The minimum absolute atomic E-state index is 0.0732. The number of methoxy groups -OCH3 is 2. The van der Waals surface area contributed by atoms with Gasteiger partial charge in [-0.25, -0.2) is 4.99 Å². The summed E-state index contributed by atoms with van der Waals surface area (Å²) in [5.74, 6) is 2.59. The molecule has 1 saturated heterocycles. The third-order valence-electron chi connectivity index (χ3n) is 5.91. The zero-order valence-electron chi connectivity index (χ0n) is 19.2. The molecule has 0 amide bonds. The molecule has 31 heavy (non-hydrogen) atoms. The molecule has 1 aliphatic rings. The number of aryl methyl sites for hydroxylation is 1. The Labute approximate surface area is 186 Å². The van der Waals surface area contributed by atoms with E-state index in [1.54, 1.807) is 14.2 Å². The number of nitrogens with zero attached hydrogens (tertiary/aromatic N) is 1. The van der Waals surface area contributed by atoms with E-state index in [1.165, 1.54) is 11.1 Å². The van der Waals surface area contributed by atoms with E-state index < -0.39 is 0 Å². The first-order valence-corrected chi connectivity index (χ1v) is 11.0. The molecule has 0 saturated carbocycles. The van der Waals surface area contributed by atoms with Gasteiger partial charge in [-0.3, -0.25) is 0 Å². The first kappa shape index (κ1) is 22.9. The molecule has 0 spiro atoms. The topological polar surface area (TPSA) is 64.1 Å². The van der Waals surface area contributed by atoms with Gasteiger partial charge >= 0.3 is 0 Å². The first-order chi connectivity index (χ1) is 15.1. The molecule has 0 unspecified atom stereocenters. The normalized spacial score (nSPS) is 15.9. The molecule has 1 heterocycles. The average Bonchev–Trinajstić information content (AvgIpc) is 2.81. The molecule has 1 fully saturated rings. The Kier molecular flexibility index (Phi) is 8.18. The molecule has 2 aromatic carbocycles. The Bertz CT molecular complexity index is 876. The van der Waals surface area contributed by atoms with Crippen molar-refractivity contribution in [3.8, 4) is 11.5 Å².